The van der Waals surface area contributed by atoms with Crippen molar-refractivity contribution >= 4 is 31.6 Å². The highest BCUT2D eigenvalue weighted by Gasteiger charge is 2.28. The lowest BCUT2D eigenvalue weighted by Gasteiger charge is -2.18. The topological polar surface area (TPSA) is 44.8 Å². The van der Waals surface area contributed by atoms with E-state index in [1.54, 1.807) is 0 Å². The van der Waals surface area contributed by atoms with Crippen molar-refractivity contribution in [3.63, 3.8) is 0 Å². The normalized spacial score (nSPS) is 13.3. The molecule has 0 saturated carbocycles. The van der Waals surface area contributed by atoms with Crippen LogP contribution in [0.2, 0.25) is 0 Å². The van der Waals surface area contributed by atoms with Gasteiger partial charge in [0.05, 0.1) is 30.3 Å². The molecule has 1 atom stereocenters. The van der Waals surface area contributed by atoms with Crippen LogP contribution in [-0.2, 0) is 17.2 Å². The van der Waals surface area contributed by atoms with Crippen LogP contribution in [0.3, 0.4) is 0 Å². The maximum Gasteiger partial charge on any atom is 0.507 e. The molecule has 0 bridgehead atoms. The molecule has 0 aliphatic carbocycles. The quantitative estimate of drug-likeness (QED) is 0.155. The average Bonchev–Trinajstić information content (AvgIpc) is 2.64. The lowest BCUT2D eigenvalue weighted by molar-refractivity contribution is 0.172. The monoisotopic (exact) mass is 418 g/mol. The number of hydrogen-bond acceptors (Lipinski definition) is 4. The van der Waals surface area contributed by atoms with Crippen molar-refractivity contribution in [2.45, 2.75) is 104 Å². The lowest BCUT2D eigenvalue weighted by Crippen LogP contribution is -2.09. The number of hydrogen-bond donors (Lipinski definition) is 0. The molecule has 152 valence electrons. The van der Waals surface area contributed by atoms with Gasteiger partial charge in [-0.15, -0.1) is 0 Å². The summed E-state index contributed by atoms with van der Waals surface area (Å²) >= 11 is 10.3. The molecule has 0 aromatic rings. The zero-order valence-corrected chi connectivity index (χ0v) is 18.4. The first kappa shape index (κ1) is 25.7. The molecule has 0 rings (SSSR count). The summed E-state index contributed by atoms with van der Waals surface area (Å²) in [5.41, 5.74) is 0. The Balaban J connectivity index is 4.08. The number of phosphoric acid groups is 1. The minimum atomic E-state index is -3.81. The van der Waals surface area contributed by atoms with Crippen LogP contribution in [0.1, 0.15) is 104 Å². The van der Waals surface area contributed by atoms with Gasteiger partial charge in [0.15, 0.2) is 0 Å². The number of unbranched alkanes of at least 4 members (excludes halogenated alkanes) is 10. The first-order chi connectivity index (χ1) is 12.1. The second-order valence-corrected chi connectivity index (χ2v) is 9.12. The average molecular weight is 419 g/mol. The highest BCUT2D eigenvalue weighted by molar-refractivity contribution is 7.50. The van der Waals surface area contributed by atoms with Crippen LogP contribution in [0, 0.1) is 5.92 Å². The van der Waals surface area contributed by atoms with Crippen LogP contribution in [0.25, 0.3) is 0 Å². The third-order valence-electron chi connectivity index (χ3n) is 4.57. The van der Waals surface area contributed by atoms with E-state index in [-0.39, 0.29) is 0 Å². The van der Waals surface area contributed by atoms with Gasteiger partial charge in [0.1, 0.15) is 0 Å². The van der Waals surface area contributed by atoms with Gasteiger partial charge in [0.2, 0.25) is 0 Å². The van der Waals surface area contributed by atoms with E-state index < -0.39 is 7.82 Å². The predicted octanol–water partition coefficient (Wildman–Crippen LogP) is 8.57. The SMILES string of the molecule is CCCCCCCCCC(CCCCCCC)COP(=O)(OCl)OCl. The largest absolute Gasteiger partial charge is 0.507 e. The molecule has 4 nitrogen and oxygen atoms in total. The van der Waals surface area contributed by atoms with Gasteiger partial charge in [0.25, 0.3) is 0 Å². The minimum absolute atomic E-state index is 0.306. The Bertz CT molecular complexity index is 324. The summed E-state index contributed by atoms with van der Waals surface area (Å²) in [6, 6.07) is 0. The molecule has 0 radical (unpaired) electrons. The van der Waals surface area contributed by atoms with Crippen molar-refractivity contribution < 1.29 is 17.2 Å². The van der Waals surface area contributed by atoms with Gasteiger partial charge >= 0.3 is 7.82 Å². The molecule has 0 aromatic heterocycles. The molecule has 0 aromatic carbocycles. The van der Waals surface area contributed by atoms with Crippen molar-refractivity contribution in [3.8, 4) is 0 Å². The fourth-order valence-electron chi connectivity index (χ4n) is 2.98. The smallest absolute Gasteiger partial charge is 0.285 e. The van der Waals surface area contributed by atoms with Gasteiger partial charge in [0, 0.05) is 0 Å². The summed E-state index contributed by atoms with van der Waals surface area (Å²) in [7, 11) is -3.81. The lowest BCUT2D eigenvalue weighted by atomic mass is 9.95. The first-order valence-electron chi connectivity index (χ1n) is 9.97. The molecule has 7 heteroatoms. The summed E-state index contributed by atoms with van der Waals surface area (Å²) in [5.74, 6) is 0.337. The fourth-order valence-corrected chi connectivity index (χ4v) is 3.97. The van der Waals surface area contributed by atoms with Crippen molar-refractivity contribution in [3.05, 3.63) is 0 Å². The predicted molar refractivity (Wildman–Crippen MR) is 107 cm³/mol. The molecule has 0 saturated heterocycles. The minimum Gasteiger partial charge on any atom is -0.285 e. The zero-order chi connectivity index (χ0) is 18.8. The van der Waals surface area contributed by atoms with Crippen LogP contribution >= 0.6 is 31.6 Å². The Labute approximate surface area is 165 Å². The standard InChI is InChI=1S/C18H37Cl2O4P/c1-3-5-7-9-10-12-14-16-18(15-13-11-8-6-4-2)17-22-25(21,23-19)24-20/h18H,3-17H2,1-2H3. The second-order valence-electron chi connectivity index (χ2n) is 6.86. The van der Waals surface area contributed by atoms with Gasteiger partial charge in [-0.2, -0.15) is 8.15 Å². The van der Waals surface area contributed by atoms with E-state index in [0.717, 1.165) is 19.3 Å². The van der Waals surface area contributed by atoms with E-state index in [2.05, 4.69) is 22.0 Å². The molecular formula is C18H37Cl2O4P. The zero-order valence-electron chi connectivity index (χ0n) is 16.0. The van der Waals surface area contributed by atoms with E-state index in [0.29, 0.717) is 12.5 Å². The van der Waals surface area contributed by atoms with E-state index in [1.165, 1.54) is 70.6 Å². The van der Waals surface area contributed by atoms with Crippen LogP contribution in [0.5, 0.6) is 0 Å². The van der Waals surface area contributed by atoms with Gasteiger partial charge in [-0.1, -0.05) is 90.9 Å². The maximum absolute atomic E-state index is 11.8. The van der Waals surface area contributed by atoms with Gasteiger partial charge in [-0.05, 0) is 18.8 Å². The molecule has 0 heterocycles. The summed E-state index contributed by atoms with van der Waals surface area (Å²) in [6.45, 7) is 4.76. The van der Waals surface area contributed by atoms with Gasteiger partial charge in [-0.3, -0.25) is 4.52 Å². The van der Waals surface area contributed by atoms with E-state index >= 15 is 0 Å². The summed E-state index contributed by atoms with van der Waals surface area (Å²) in [4.78, 5) is 0. The Kier molecular flexibility index (Phi) is 18.6. The second kappa shape index (κ2) is 18.1. The van der Waals surface area contributed by atoms with Crippen molar-refractivity contribution in [2.24, 2.45) is 5.92 Å². The van der Waals surface area contributed by atoms with Gasteiger partial charge in [-0.25, -0.2) is 4.57 Å². The highest BCUT2D eigenvalue weighted by atomic mass is 35.5. The van der Waals surface area contributed by atoms with E-state index in [4.69, 9.17) is 28.3 Å². The Morgan fingerprint density at radius 1 is 0.720 bits per heavy atom. The summed E-state index contributed by atoms with van der Waals surface area (Å²) < 4.78 is 25.5. The fraction of sp³-hybridized carbons (Fsp3) is 1.00. The molecule has 25 heavy (non-hydrogen) atoms. The first-order valence-corrected chi connectivity index (χ1v) is 12.0. The van der Waals surface area contributed by atoms with Crippen molar-refractivity contribution in [2.75, 3.05) is 6.61 Å². The molecule has 0 aliphatic rings. The summed E-state index contributed by atoms with van der Waals surface area (Å²) in [6.07, 6.45) is 17.3. The summed E-state index contributed by atoms with van der Waals surface area (Å²) in [5, 5.41) is 0. The molecule has 0 N–H and O–H groups in total. The molecule has 0 fully saturated rings. The molecule has 0 amide bonds. The third-order valence-corrected chi connectivity index (χ3v) is 6.39. The van der Waals surface area contributed by atoms with Crippen LogP contribution in [-0.4, -0.2) is 6.61 Å². The van der Waals surface area contributed by atoms with Crippen molar-refractivity contribution in [1.82, 2.24) is 0 Å². The number of halogens is 2. The van der Waals surface area contributed by atoms with Crippen LogP contribution < -0.4 is 0 Å². The maximum atomic E-state index is 11.8. The van der Waals surface area contributed by atoms with Crippen molar-refractivity contribution in [1.29, 1.82) is 0 Å². The van der Waals surface area contributed by atoms with Crippen LogP contribution in [0.15, 0.2) is 0 Å². The van der Waals surface area contributed by atoms with Gasteiger partial charge < -0.3 is 0 Å². The van der Waals surface area contributed by atoms with Crippen LogP contribution in [0.4, 0.5) is 0 Å². The molecule has 0 aliphatic heterocycles. The highest BCUT2D eigenvalue weighted by Crippen LogP contribution is 2.52. The molecule has 1 unspecified atom stereocenters. The molecule has 0 spiro atoms. The Morgan fingerprint density at radius 3 is 1.52 bits per heavy atom. The van der Waals surface area contributed by atoms with E-state index in [1.807, 2.05) is 0 Å². The third kappa shape index (κ3) is 15.4. The number of rotatable bonds is 19. The molecular weight excluding hydrogens is 382 g/mol. The Hall–Kier alpha value is 0.690. The van der Waals surface area contributed by atoms with E-state index in [9.17, 15) is 4.57 Å². The Morgan fingerprint density at radius 2 is 1.12 bits per heavy atom.